The minimum absolute atomic E-state index is 0.382. The Morgan fingerprint density at radius 1 is 1.17 bits per heavy atom. The topological polar surface area (TPSA) is 12.0 Å². The number of benzene rings is 1. The van der Waals surface area contributed by atoms with Crippen molar-refractivity contribution < 1.29 is 0 Å². The van der Waals surface area contributed by atoms with Gasteiger partial charge >= 0.3 is 0 Å². The number of rotatable bonds is 7. The predicted octanol–water partition coefficient (Wildman–Crippen LogP) is 5.22. The van der Waals surface area contributed by atoms with Crippen molar-refractivity contribution in [1.82, 2.24) is 5.32 Å². The summed E-state index contributed by atoms with van der Waals surface area (Å²) in [5.74, 6) is 0. The maximum atomic E-state index is 3.59. The fourth-order valence-corrected chi connectivity index (χ4v) is 3.44. The molecule has 0 spiro atoms. The highest BCUT2D eigenvalue weighted by Crippen LogP contribution is 2.29. The van der Waals surface area contributed by atoms with Crippen LogP contribution in [0.15, 0.2) is 27.1 Å². The van der Waals surface area contributed by atoms with Gasteiger partial charge in [0.1, 0.15) is 0 Å². The fraction of sp³-hybridized carbons (Fsp3) is 0.571. The molecule has 1 rings (SSSR count). The Balaban J connectivity index is 2.52. The van der Waals surface area contributed by atoms with Gasteiger partial charge in [0.15, 0.2) is 0 Å². The molecule has 0 saturated carbocycles. The molecule has 0 radical (unpaired) electrons. The molecule has 0 atom stereocenters. The second-order valence-corrected chi connectivity index (χ2v) is 7.43. The smallest absolute Gasteiger partial charge is 0.0320 e. The van der Waals surface area contributed by atoms with Crippen molar-refractivity contribution in [3.63, 3.8) is 0 Å². The summed E-state index contributed by atoms with van der Waals surface area (Å²) >= 11 is 9.01. The first kappa shape index (κ1) is 16.5. The van der Waals surface area contributed by atoms with Gasteiger partial charge in [-0.1, -0.05) is 19.9 Å². The first-order chi connectivity index (χ1) is 8.56. The van der Waals surface area contributed by atoms with Crippen molar-refractivity contribution in [2.24, 2.45) is 0 Å². The van der Waals surface area contributed by atoms with E-state index in [0.717, 1.165) is 22.0 Å². The highest BCUT2D eigenvalue weighted by molar-refractivity contribution is 9.13. The van der Waals surface area contributed by atoms with Gasteiger partial charge in [-0.15, -0.1) is 0 Å². The lowest BCUT2D eigenvalue weighted by atomic mass is 10.0. The molecule has 0 amide bonds. The Morgan fingerprint density at radius 2 is 1.83 bits per heavy atom. The Morgan fingerprint density at radius 3 is 2.33 bits per heavy atom. The van der Waals surface area contributed by atoms with Crippen LogP contribution in [-0.2, 0) is 6.54 Å². The van der Waals surface area contributed by atoms with E-state index in [2.05, 4.69) is 75.5 Å². The van der Waals surface area contributed by atoms with Crippen molar-refractivity contribution in [2.75, 3.05) is 12.8 Å². The minimum atomic E-state index is 0.382. The zero-order valence-corrected chi connectivity index (χ0v) is 15.2. The van der Waals surface area contributed by atoms with E-state index in [1.165, 1.54) is 18.4 Å². The van der Waals surface area contributed by atoms with E-state index in [1.807, 2.05) is 11.8 Å². The zero-order chi connectivity index (χ0) is 13.6. The molecule has 1 aromatic rings. The summed E-state index contributed by atoms with van der Waals surface area (Å²) in [7, 11) is 0. The van der Waals surface area contributed by atoms with Gasteiger partial charge < -0.3 is 5.32 Å². The first-order valence-corrected chi connectivity index (χ1v) is 9.07. The first-order valence-electron chi connectivity index (χ1n) is 6.26. The molecule has 18 heavy (non-hydrogen) atoms. The third-order valence-electron chi connectivity index (χ3n) is 3.48. The summed E-state index contributed by atoms with van der Waals surface area (Å²) in [5, 5.41) is 3.59. The molecule has 0 aliphatic rings. The molecular weight excluding hydrogens is 374 g/mol. The average Bonchev–Trinajstić information content (AvgIpc) is 2.39. The minimum Gasteiger partial charge on any atom is -0.311 e. The second kappa shape index (κ2) is 7.93. The normalized spacial score (nSPS) is 11.8. The van der Waals surface area contributed by atoms with Crippen LogP contribution in [0.25, 0.3) is 0 Å². The van der Waals surface area contributed by atoms with Crippen LogP contribution in [0.3, 0.4) is 0 Å². The maximum absolute atomic E-state index is 3.59. The fourth-order valence-electron chi connectivity index (χ4n) is 1.95. The van der Waals surface area contributed by atoms with E-state index in [-0.39, 0.29) is 0 Å². The quantitative estimate of drug-likeness (QED) is 0.679. The molecule has 0 bridgehead atoms. The Kier molecular flexibility index (Phi) is 7.29. The molecule has 0 aliphatic carbocycles. The molecule has 0 saturated heterocycles. The molecule has 0 aromatic heterocycles. The zero-order valence-electron chi connectivity index (χ0n) is 11.2. The lowest BCUT2D eigenvalue weighted by Crippen LogP contribution is -2.36. The van der Waals surface area contributed by atoms with Gasteiger partial charge in [0.05, 0.1) is 0 Å². The van der Waals surface area contributed by atoms with Crippen molar-refractivity contribution in [2.45, 2.75) is 38.0 Å². The largest absolute Gasteiger partial charge is 0.311 e. The number of halogens is 2. The molecule has 1 nitrogen and oxygen atoms in total. The summed E-state index contributed by atoms with van der Waals surface area (Å²) in [5.41, 5.74) is 1.31. The number of hydrogen-bond donors (Lipinski definition) is 1. The molecule has 102 valence electrons. The molecular formula is C14H21Br2NS. The third-order valence-corrected chi connectivity index (χ3v) is 6.95. The summed E-state index contributed by atoms with van der Waals surface area (Å²) in [4.78, 5) is 0. The highest BCUT2D eigenvalue weighted by Gasteiger charge is 2.23. The molecule has 0 fully saturated rings. The van der Waals surface area contributed by atoms with Gasteiger partial charge in [0, 0.05) is 26.8 Å². The predicted molar refractivity (Wildman–Crippen MR) is 90.4 cm³/mol. The van der Waals surface area contributed by atoms with Crippen LogP contribution in [0.5, 0.6) is 0 Å². The van der Waals surface area contributed by atoms with E-state index >= 15 is 0 Å². The van der Waals surface area contributed by atoms with Crippen LogP contribution in [0.1, 0.15) is 32.3 Å². The van der Waals surface area contributed by atoms with Crippen LogP contribution in [-0.4, -0.2) is 17.5 Å². The van der Waals surface area contributed by atoms with Gasteiger partial charge in [-0.05, 0) is 68.7 Å². The highest BCUT2D eigenvalue weighted by atomic mass is 79.9. The van der Waals surface area contributed by atoms with E-state index in [4.69, 9.17) is 0 Å². The van der Waals surface area contributed by atoms with E-state index in [0.29, 0.717) is 4.75 Å². The van der Waals surface area contributed by atoms with Crippen LogP contribution in [0, 0.1) is 0 Å². The Hall–Kier alpha value is 0.490. The van der Waals surface area contributed by atoms with Crippen molar-refractivity contribution in [3.05, 3.63) is 32.7 Å². The molecule has 0 heterocycles. The van der Waals surface area contributed by atoms with Crippen LogP contribution < -0.4 is 5.32 Å². The van der Waals surface area contributed by atoms with Crippen LogP contribution in [0.4, 0.5) is 0 Å². The average molecular weight is 395 g/mol. The third kappa shape index (κ3) is 4.55. The number of thioether (sulfide) groups is 1. The monoisotopic (exact) mass is 393 g/mol. The van der Waals surface area contributed by atoms with Crippen molar-refractivity contribution >= 4 is 43.6 Å². The number of hydrogen-bond acceptors (Lipinski definition) is 2. The van der Waals surface area contributed by atoms with E-state index in [9.17, 15) is 0 Å². The van der Waals surface area contributed by atoms with Gasteiger partial charge in [0.2, 0.25) is 0 Å². The number of nitrogens with one attached hydrogen (secondary N) is 1. The molecule has 0 unspecified atom stereocenters. The summed E-state index contributed by atoms with van der Waals surface area (Å²) in [6.45, 7) is 6.54. The van der Waals surface area contributed by atoms with E-state index < -0.39 is 0 Å². The van der Waals surface area contributed by atoms with Gasteiger partial charge in [-0.3, -0.25) is 0 Å². The van der Waals surface area contributed by atoms with Crippen molar-refractivity contribution in [3.8, 4) is 0 Å². The summed E-state index contributed by atoms with van der Waals surface area (Å²) < 4.78 is 2.60. The van der Waals surface area contributed by atoms with Crippen molar-refractivity contribution in [1.29, 1.82) is 0 Å². The van der Waals surface area contributed by atoms with Gasteiger partial charge in [-0.2, -0.15) is 11.8 Å². The van der Waals surface area contributed by atoms with Crippen LogP contribution in [0.2, 0.25) is 0 Å². The summed E-state index contributed by atoms with van der Waals surface area (Å²) in [6.07, 6.45) is 4.63. The second-order valence-electron chi connectivity index (χ2n) is 4.45. The van der Waals surface area contributed by atoms with E-state index in [1.54, 1.807) is 0 Å². The van der Waals surface area contributed by atoms with Gasteiger partial charge in [-0.25, -0.2) is 0 Å². The molecule has 1 aromatic carbocycles. The molecule has 0 aliphatic heterocycles. The van der Waals surface area contributed by atoms with Crippen LogP contribution >= 0.6 is 43.6 Å². The molecule has 1 N–H and O–H groups in total. The Bertz CT molecular complexity index is 370. The summed E-state index contributed by atoms with van der Waals surface area (Å²) in [6, 6.07) is 6.40. The standard InChI is InChI=1S/C14H21Br2NS/c1-4-14(5-2,18-3)10-17-9-11-6-7-12(15)13(16)8-11/h6-8,17H,4-5,9-10H2,1-3H3. The lowest BCUT2D eigenvalue weighted by Gasteiger charge is -2.30. The maximum Gasteiger partial charge on any atom is 0.0320 e. The SMILES string of the molecule is CCC(CC)(CNCc1ccc(Br)c(Br)c1)SC. The lowest BCUT2D eigenvalue weighted by molar-refractivity contribution is 0.495. The van der Waals surface area contributed by atoms with Gasteiger partial charge in [0.25, 0.3) is 0 Å². The Labute approximate surface area is 132 Å². The molecule has 4 heteroatoms.